The van der Waals surface area contributed by atoms with E-state index in [9.17, 15) is 9.59 Å². The SMILES string of the molecule is CCOC(CNC(=O)c1cnc(C(=O)O)cn1)c1ccccc1. The number of carbonyl (C=O) groups excluding carboxylic acids is 1. The number of amides is 1. The maximum atomic E-state index is 12.0. The van der Waals surface area contributed by atoms with E-state index >= 15 is 0 Å². The van der Waals surface area contributed by atoms with E-state index in [1.165, 1.54) is 0 Å². The van der Waals surface area contributed by atoms with Crippen LogP contribution in [0.25, 0.3) is 0 Å². The van der Waals surface area contributed by atoms with Gasteiger partial charge in [0.05, 0.1) is 18.5 Å². The van der Waals surface area contributed by atoms with Crippen LogP contribution in [0.5, 0.6) is 0 Å². The standard InChI is InChI=1S/C16H17N3O4/c1-2-23-14(11-6-4-3-5-7-11)10-19-15(20)12-8-18-13(9-17-12)16(21)22/h3-9,14H,2,10H2,1H3,(H,19,20)(H,21,22). The van der Waals surface area contributed by atoms with Crippen molar-refractivity contribution in [1.29, 1.82) is 0 Å². The van der Waals surface area contributed by atoms with E-state index in [0.29, 0.717) is 6.61 Å². The molecule has 0 fully saturated rings. The molecule has 7 nitrogen and oxygen atoms in total. The van der Waals surface area contributed by atoms with Crippen LogP contribution in [-0.2, 0) is 4.74 Å². The summed E-state index contributed by atoms with van der Waals surface area (Å²) in [5, 5.41) is 11.5. The fourth-order valence-corrected chi connectivity index (χ4v) is 1.97. The van der Waals surface area contributed by atoms with Crippen LogP contribution < -0.4 is 5.32 Å². The Kier molecular flexibility index (Phi) is 5.76. The molecular weight excluding hydrogens is 298 g/mol. The van der Waals surface area contributed by atoms with Crippen molar-refractivity contribution in [2.75, 3.05) is 13.2 Å². The molecule has 23 heavy (non-hydrogen) atoms. The predicted molar refractivity (Wildman–Crippen MR) is 82.1 cm³/mol. The first-order chi connectivity index (χ1) is 11.1. The summed E-state index contributed by atoms with van der Waals surface area (Å²) in [5.41, 5.74) is 0.804. The summed E-state index contributed by atoms with van der Waals surface area (Å²) < 4.78 is 5.64. The second-order valence-electron chi connectivity index (χ2n) is 4.66. The summed E-state index contributed by atoms with van der Waals surface area (Å²) in [6, 6.07) is 9.56. The molecule has 2 aromatic rings. The van der Waals surface area contributed by atoms with E-state index in [-0.39, 0.29) is 24.0 Å². The van der Waals surface area contributed by atoms with Gasteiger partial charge in [0.15, 0.2) is 5.69 Å². The smallest absolute Gasteiger partial charge is 0.356 e. The molecule has 1 heterocycles. The lowest BCUT2D eigenvalue weighted by atomic mass is 10.1. The predicted octanol–water partition coefficient (Wildman–Crippen LogP) is 1.68. The van der Waals surface area contributed by atoms with Crippen LogP contribution in [0.4, 0.5) is 0 Å². The molecule has 0 aliphatic carbocycles. The maximum Gasteiger partial charge on any atom is 0.356 e. The highest BCUT2D eigenvalue weighted by Crippen LogP contribution is 2.16. The number of benzene rings is 1. The topological polar surface area (TPSA) is 101 Å². The average Bonchev–Trinajstić information content (AvgIpc) is 2.59. The lowest BCUT2D eigenvalue weighted by molar-refractivity contribution is 0.0584. The number of carboxylic acid groups (broad SMARTS) is 1. The molecule has 0 saturated heterocycles. The van der Waals surface area contributed by atoms with E-state index in [1.807, 2.05) is 37.3 Å². The van der Waals surface area contributed by atoms with Crippen molar-refractivity contribution in [3.8, 4) is 0 Å². The number of carboxylic acids is 1. The normalized spacial score (nSPS) is 11.7. The summed E-state index contributed by atoms with van der Waals surface area (Å²) >= 11 is 0. The van der Waals surface area contributed by atoms with Crippen molar-refractivity contribution in [3.63, 3.8) is 0 Å². The minimum Gasteiger partial charge on any atom is -0.476 e. The molecule has 7 heteroatoms. The monoisotopic (exact) mass is 315 g/mol. The van der Waals surface area contributed by atoms with Gasteiger partial charge >= 0.3 is 5.97 Å². The molecule has 0 spiro atoms. The molecule has 0 aliphatic heterocycles. The molecular formula is C16H17N3O4. The Labute approximate surface area is 133 Å². The molecule has 120 valence electrons. The highest BCUT2D eigenvalue weighted by Gasteiger charge is 2.15. The molecule has 1 atom stereocenters. The fourth-order valence-electron chi connectivity index (χ4n) is 1.97. The van der Waals surface area contributed by atoms with Gasteiger partial charge in [0.25, 0.3) is 5.91 Å². The molecule has 2 N–H and O–H groups in total. The number of hydrogen-bond acceptors (Lipinski definition) is 5. The zero-order valence-corrected chi connectivity index (χ0v) is 12.6. The first kappa shape index (κ1) is 16.6. The number of aromatic carboxylic acids is 1. The largest absolute Gasteiger partial charge is 0.476 e. The zero-order valence-electron chi connectivity index (χ0n) is 12.6. The number of nitrogens with zero attached hydrogens (tertiary/aromatic N) is 2. The lowest BCUT2D eigenvalue weighted by Gasteiger charge is -2.18. The molecule has 0 aliphatic rings. The van der Waals surface area contributed by atoms with Gasteiger partial charge in [0.2, 0.25) is 0 Å². The van der Waals surface area contributed by atoms with E-state index in [2.05, 4.69) is 15.3 Å². The number of aromatic nitrogens is 2. The zero-order chi connectivity index (χ0) is 16.7. The van der Waals surface area contributed by atoms with Crippen LogP contribution in [0.2, 0.25) is 0 Å². The molecule has 1 aromatic heterocycles. The van der Waals surface area contributed by atoms with E-state index in [1.54, 1.807) is 0 Å². The molecule has 1 amide bonds. The first-order valence-electron chi connectivity index (χ1n) is 7.12. The Hall–Kier alpha value is -2.80. The molecule has 1 aromatic carbocycles. The Morgan fingerprint density at radius 1 is 1.17 bits per heavy atom. The van der Waals surface area contributed by atoms with Crippen molar-refractivity contribution >= 4 is 11.9 Å². The van der Waals surface area contributed by atoms with Gasteiger partial charge in [-0.25, -0.2) is 14.8 Å². The second kappa shape index (κ2) is 8.00. The fraction of sp³-hybridized carbons (Fsp3) is 0.250. The molecule has 0 bridgehead atoms. The van der Waals surface area contributed by atoms with Crippen LogP contribution in [0.3, 0.4) is 0 Å². The summed E-state index contributed by atoms with van der Waals surface area (Å²) in [4.78, 5) is 30.2. The van der Waals surface area contributed by atoms with Crippen LogP contribution >= 0.6 is 0 Å². The molecule has 0 saturated carbocycles. The summed E-state index contributed by atoms with van der Waals surface area (Å²) in [5.74, 6) is -1.62. The van der Waals surface area contributed by atoms with Gasteiger partial charge in [0, 0.05) is 13.2 Å². The van der Waals surface area contributed by atoms with Gasteiger partial charge in [-0.3, -0.25) is 4.79 Å². The number of carbonyl (C=O) groups is 2. The van der Waals surface area contributed by atoms with Crippen molar-refractivity contribution in [2.45, 2.75) is 13.0 Å². The first-order valence-corrected chi connectivity index (χ1v) is 7.12. The molecule has 1 unspecified atom stereocenters. The van der Waals surface area contributed by atoms with Gasteiger partial charge in [-0.1, -0.05) is 30.3 Å². The minimum absolute atomic E-state index is 0.0540. The third-order valence-corrected chi connectivity index (χ3v) is 3.09. The molecule has 0 radical (unpaired) electrons. The quantitative estimate of drug-likeness (QED) is 0.806. The lowest BCUT2D eigenvalue weighted by Crippen LogP contribution is -2.30. The Bertz CT molecular complexity index is 659. The summed E-state index contributed by atoms with van der Waals surface area (Å²) in [7, 11) is 0. The number of ether oxygens (including phenoxy) is 1. The van der Waals surface area contributed by atoms with Gasteiger partial charge in [-0.05, 0) is 12.5 Å². The van der Waals surface area contributed by atoms with E-state index in [0.717, 1.165) is 18.0 Å². The van der Waals surface area contributed by atoms with E-state index < -0.39 is 11.9 Å². The van der Waals surface area contributed by atoms with E-state index in [4.69, 9.17) is 9.84 Å². The second-order valence-corrected chi connectivity index (χ2v) is 4.66. The third kappa shape index (κ3) is 4.58. The number of hydrogen-bond donors (Lipinski definition) is 2. The van der Waals surface area contributed by atoms with Crippen molar-refractivity contribution in [2.24, 2.45) is 0 Å². The van der Waals surface area contributed by atoms with Gasteiger partial charge in [-0.15, -0.1) is 0 Å². The molecule has 2 rings (SSSR count). The van der Waals surface area contributed by atoms with Gasteiger partial charge < -0.3 is 15.2 Å². The number of rotatable bonds is 7. The van der Waals surface area contributed by atoms with Crippen LogP contribution in [0.15, 0.2) is 42.7 Å². The Balaban J connectivity index is 2.00. The Morgan fingerprint density at radius 2 is 1.83 bits per heavy atom. The van der Waals surface area contributed by atoms with Crippen LogP contribution in [0.1, 0.15) is 39.6 Å². The summed E-state index contributed by atoms with van der Waals surface area (Å²) in [6.07, 6.45) is 1.92. The van der Waals surface area contributed by atoms with Crippen molar-refractivity contribution in [3.05, 3.63) is 59.7 Å². The van der Waals surface area contributed by atoms with Gasteiger partial charge in [0.1, 0.15) is 5.69 Å². The minimum atomic E-state index is -1.19. The maximum absolute atomic E-state index is 12.0. The van der Waals surface area contributed by atoms with Crippen LogP contribution in [-0.4, -0.2) is 40.1 Å². The van der Waals surface area contributed by atoms with Gasteiger partial charge in [-0.2, -0.15) is 0 Å². The van der Waals surface area contributed by atoms with Crippen molar-refractivity contribution in [1.82, 2.24) is 15.3 Å². The number of nitrogens with one attached hydrogen (secondary N) is 1. The highest BCUT2D eigenvalue weighted by atomic mass is 16.5. The summed E-state index contributed by atoms with van der Waals surface area (Å²) in [6.45, 7) is 2.68. The van der Waals surface area contributed by atoms with Crippen LogP contribution in [0, 0.1) is 0 Å². The Morgan fingerprint density at radius 3 is 2.39 bits per heavy atom. The van der Waals surface area contributed by atoms with Crippen molar-refractivity contribution < 1.29 is 19.4 Å². The third-order valence-electron chi connectivity index (χ3n) is 3.09. The average molecular weight is 315 g/mol. The highest BCUT2D eigenvalue weighted by molar-refractivity contribution is 5.92.